The molecular weight excluding hydrogens is 294 g/mol. The van der Waals surface area contributed by atoms with Crippen molar-refractivity contribution in [2.45, 2.75) is 59.0 Å². The number of hydrogen-bond acceptors (Lipinski definition) is 5. The number of nitrogens with two attached hydrogens (primary N) is 1. The van der Waals surface area contributed by atoms with Crippen LogP contribution < -0.4 is 5.90 Å². The average molecular weight is 321 g/mol. The fourth-order valence-corrected chi connectivity index (χ4v) is 2.33. The van der Waals surface area contributed by atoms with Crippen LogP contribution >= 0.6 is 0 Å². The molecule has 5 nitrogen and oxygen atoms in total. The van der Waals surface area contributed by atoms with Gasteiger partial charge in [0.1, 0.15) is 5.60 Å². The van der Waals surface area contributed by atoms with E-state index < -0.39 is 23.5 Å². The number of ether oxygens (including phenoxy) is 1. The third-order valence-corrected chi connectivity index (χ3v) is 3.22. The van der Waals surface area contributed by atoms with E-state index in [9.17, 15) is 9.59 Å². The van der Waals surface area contributed by atoms with E-state index >= 15 is 0 Å². The lowest BCUT2D eigenvalue weighted by Crippen LogP contribution is -2.28. The zero-order valence-corrected chi connectivity index (χ0v) is 14.6. The molecule has 1 rings (SSSR count). The Bertz CT molecular complexity index is 529. The van der Waals surface area contributed by atoms with Crippen LogP contribution in [0.5, 0.6) is 0 Å². The summed E-state index contributed by atoms with van der Waals surface area (Å²) in [6.07, 6.45) is 0.856. The molecule has 0 fully saturated rings. The Morgan fingerprint density at radius 2 is 1.70 bits per heavy atom. The molecule has 1 unspecified atom stereocenters. The zero-order valence-electron chi connectivity index (χ0n) is 14.6. The average Bonchev–Trinajstić information content (AvgIpc) is 2.42. The first kappa shape index (κ1) is 19.2. The van der Waals surface area contributed by atoms with Gasteiger partial charge in [0.15, 0.2) is 0 Å². The molecule has 0 saturated carbocycles. The maximum atomic E-state index is 12.0. The van der Waals surface area contributed by atoms with Gasteiger partial charge >= 0.3 is 11.9 Å². The quantitative estimate of drug-likeness (QED) is 0.643. The van der Waals surface area contributed by atoms with Crippen LogP contribution in [0.4, 0.5) is 0 Å². The van der Waals surface area contributed by atoms with Crippen molar-refractivity contribution in [3.8, 4) is 0 Å². The summed E-state index contributed by atoms with van der Waals surface area (Å²) in [5.41, 5.74) is 1.27. The Hall–Kier alpha value is -1.88. The number of rotatable bonds is 6. The molecule has 0 bridgehead atoms. The van der Waals surface area contributed by atoms with Crippen LogP contribution in [0.3, 0.4) is 0 Å². The third kappa shape index (κ3) is 6.82. The molecule has 1 atom stereocenters. The predicted molar refractivity (Wildman–Crippen MR) is 88.5 cm³/mol. The van der Waals surface area contributed by atoms with Crippen LogP contribution in [0.25, 0.3) is 0 Å². The second-order valence-electron chi connectivity index (χ2n) is 7.12. The van der Waals surface area contributed by atoms with Crippen LogP contribution in [0.15, 0.2) is 24.3 Å². The fourth-order valence-electron chi connectivity index (χ4n) is 2.33. The number of carbonyl (C=O) groups excluding carboxylic acids is 2. The zero-order chi connectivity index (χ0) is 17.6. The van der Waals surface area contributed by atoms with Crippen molar-refractivity contribution >= 4 is 11.9 Å². The molecule has 0 radical (unpaired) electrons. The standard InChI is InChI=1S/C18H27NO4/c1-12(2)10-13-6-8-14(9-7-13)15(17(21)23-19)11-16(20)22-18(3,4)5/h6-9,12,15H,10-11,19H2,1-5H3. The highest BCUT2D eigenvalue weighted by Gasteiger charge is 2.28. The summed E-state index contributed by atoms with van der Waals surface area (Å²) in [4.78, 5) is 28.3. The third-order valence-electron chi connectivity index (χ3n) is 3.22. The molecule has 0 aliphatic rings. The minimum Gasteiger partial charge on any atom is -0.460 e. The van der Waals surface area contributed by atoms with Crippen LogP contribution in [-0.2, 0) is 25.6 Å². The highest BCUT2D eigenvalue weighted by atomic mass is 16.7. The first-order valence-corrected chi connectivity index (χ1v) is 7.83. The highest BCUT2D eigenvalue weighted by molar-refractivity contribution is 5.84. The number of carbonyl (C=O) groups is 2. The fraction of sp³-hybridized carbons (Fsp3) is 0.556. The van der Waals surface area contributed by atoms with Gasteiger partial charge in [0.05, 0.1) is 12.3 Å². The Kier molecular flexibility index (Phi) is 6.76. The normalized spacial score (nSPS) is 12.8. The molecule has 0 aliphatic heterocycles. The van der Waals surface area contributed by atoms with Crippen molar-refractivity contribution in [3.63, 3.8) is 0 Å². The molecule has 0 spiro atoms. The monoisotopic (exact) mass is 321 g/mol. The summed E-state index contributed by atoms with van der Waals surface area (Å²) in [6, 6.07) is 7.59. The van der Waals surface area contributed by atoms with Crippen LogP contribution in [0.2, 0.25) is 0 Å². The van der Waals surface area contributed by atoms with Gasteiger partial charge in [-0.3, -0.25) is 4.79 Å². The summed E-state index contributed by atoms with van der Waals surface area (Å²) in [7, 11) is 0. The van der Waals surface area contributed by atoms with Gasteiger partial charge in [-0.1, -0.05) is 38.1 Å². The van der Waals surface area contributed by atoms with Gasteiger partial charge < -0.3 is 9.57 Å². The van der Waals surface area contributed by atoms with Gasteiger partial charge in [-0.15, -0.1) is 0 Å². The molecular formula is C18H27NO4. The Morgan fingerprint density at radius 3 is 2.13 bits per heavy atom. The van der Waals surface area contributed by atoms with Crippen molar-refractivity contribution in [2.24, 2.45) is 11.8 Å². The van der Waals surface area contributed by atoms with Crippen molar-refractivity contribution in [3.05, 3.63) is 35.4 Å². The van der Waals surface area contributed by atoms with Crippen molar-refractivity contribution in [2.75, 3.05) is 0 Å². The van der Waals surface area contributed by atoms with E-state index in [2.05, 4.69) is 18.7 Å². The van der Waals surface area contributed by atoms with Gasteiger partial charge in [0.25, 0.3) is 0 Å². The minimum atomic E-state index is -0.761. The lowest BCUT2D eigenvalue weighted by Gasteiger charge is -2.21. The first-order valence-electron chi connectivity index (χ1n) is 7.83. The highest BCUT2D eigenvalue weighted by Crippen LogP contribution is 2.24. The lowest BCUT2D eigenvalue weighted by molar-refractivity contribution is -0.159. The van der Waals surface area contributed by atoms with E-state index in [0.717, 1.165) is 6.42 Å². The number of benzene rings is 1. The van der Waals surface area contributed by atoms with Gasteiger partial charge in [-0.05, 0) is 44.2 Å². The van der Waals surface area contributed by atoms with E-state index in [1.807, 2.05) is 24.3 Å². The Labute approximate surface area is 138 Å². The molecule has 1 aromatic rings. The SMILES string of the molecule is CC(C)Cc1ccc(C(CC(=O)OC(C)(C)C)C(=O)ON)cc1. The summed E-state index contributed by atoms with van der Waals surface area (Å²) < 4.78 is 5.27. The van der Waals surface area contributed by atoms with Gasteiger partial charge in [-0.25, -0.2) is 4.79 Å². The molecule has 23 heavy (non-hydrogen) atoms. The van der Waals surface area contributed by atoms with E-state index in [1.165, 1.54) is 5.56 Å². The van der Waals surface area contributed by atoms with Gasteiger partial charge in [0, 0.05) is 0 Å². The van der Waals surface area contributed by atoms with Crippen molar-refractivity contribution in [1.29, 1.82) is 0 Å². The maximum Gasteiger partial charge on any atom is 0.332 e. The lowest BCUT2D eigenvalue weighted by atomic mass is 9.93. The molecule has 1 aromatic carbocycles. The second-order valence-corrected chi connectivity index (χ2v) is 7.12. The summed E-state index contributed by atoms with van der Waals surface area (Å²) in [5.74, 6) is 3.69. The van der Waals surface area contributed by atoms with Crippen LogP contribution in [0, 0.1) is 5.92 Å². The van der Waals surface area contributed by atoms with Crippen molar-refractivity contribution < 1.29 is 19.2 Å². The molecule has 0 heterocycles. The summed E-state index contributed by atoms with van der Waals surface area (Å²) in [6.45, 7) is 9.63. The van der Waals surface area contributed by atoms with Crippen LogP contribution in [0.1, 0.15) is 58.1 Å². The number of esters is 1. The molecule has 2 N–H and O–H groups in total. The van der Waals surface area contributed by atoms with E-state index in [-0.39, 0.29) is 6.42 Å². The predicted octanol–water partition coefficient (Wildman–Crippen LogP) is 3.12. The number of hydrogen-bond donors (Lipinski definition) is 1. The van der Waals surface area contributed by atoms with E-state index in [1.54, 1.807) is 20.8 Å². The van der Waals surface area contributed by atoms with Crippen molar-refractivity contribution in [1.82, 2.24) is 0 Å². The Balaban J connectivity index is 2.90. The topological polar surface area (TPSA) is 78.6 Å². The largest absolute Gasteiger partial charge is 0.460 e. The second kappa shape index (κ2) is 8.11. The van der Waals surface area contributed by atoms with E-state index in [4.69, 9.17) is 10.6 Å². The van der Waals surface area contributed by atoms with Gasteiger partial charge in [0.2, 0.25) is 0 Å². The maximum absolute atomic E-state index is 12.0. The smallest absolute Gasteiger partial charge is 0.332 e. The molecule has 5 heteroatoms. The molecule has 128 valence electrons. The summed E-state index contributed by atoms with van der Waals surface area (Å²) in [5, 5.41) is 0. The summed E-state index contributed by atoms with van der Waals surface area (Å²) >= 11 is 0. The Morgan fingerprint density at radius 1 is 1.13 bits per heavy atom. The van der Waals surface area contributed by atoms with Gasteiger partial charge in [-0.2, -0.15) is 5.90 Å². The minimum absolute atomic E-state index is 0.100. The molecule has 0 amide bonds. The first-order chi connectivity index (χ1) is 10.6. The van der Waals surface area contributed by atoms with Crippen LogP contribution in [-0.4, -0.2) is 17.5 Å². The molecule has 0 aliphatic carbocycles. The molecule has 0 saturated heterocycles. The van der Waals surface area contributed by atoms with E-state index in [0.29, 0.717) is 11.5 Å². The molecule has 0 aromatic heterocycles.